The maximum atomic E-state index is 12.9. The van der Waals surface area contributed by atoms with Crippen LogP contribution < -0.4 is 9.47 Å². The average Bonchev–Trinajstić information content (AvgIpc) is 2.81. The third-order valence-electron chi connectivity index (χ3n) is 5.70. The third kappa shape index (κ3) is 5.63. The maximum Gasteiger partial charge on any atom is 0.387 e. The number of benzene rings is 1. The van der Waals surface area contributed by atoms with E-state index in [2.05, 4.69) is 9.97 Å². The Hall–Kier alpha value is -3.55. The summed E-state index contributed by atoms with van der Waals surface area (Å²) in [6.45, 7) is -2.94. The third-order valence-corrected chi connectivity index (χ3v) is 5.70. The van der Waals surface area contributed by atoms with Gasteiger partial charge in [0.2, 0.25) is 0 Å². The quantitative estimate of drug-likeness (QED) is 0.416. The monoisotopic (exact) mass is 454 g/mol. The lowest BCUT2D eigenvalue weighted by molar-refractivity contribution is -0.0527. The van der Waals surface area contributed by atoms with Gasteiger partial charge in [-0.25, -0.2) is 9.78 Å². The minimum Gasteiger partial charge on any atom is -0.487 e. The van der Waals surface area contributed by atoms with Gasteiger partial charge in [-0.05, 0) is 72.7 Å². The first-order chi connectivity index (χ1) is 16.0. The highest BCUT2D eigenvalue weighted by atomic mass is 19.3. The van der Waals surface area contributed by atoms with Crippen molar-refractivity contribution in [2.45, 2.75) is 44.3 Å². The fourth-order valence-corrected chi connectivity index (χ4v) is 3.71. The van der Waals surface area contributed by atoms with E-state index >= 15 is 0 Å². The van der Waals surface area contributed by atoms with E-state index in [1.165, 1.54) is 13.2 Å². The number of pyridine rings is 2. The number of rotatable bonds is 9. The number of alkyl halides is 2. The van der Waals surface area contributed by atoms with Crippen LogP contribution in [-0.2, 0) is 11.2 Å². The van der Waals surface area contributed by atoms with Crippen molar-refractivity contribution in [3.63, 3.8) is 0 Å². The minimum atomic E-state index is -2.94. The van der Waals surface area contributed by atoms with Crippen molar-refractivity contribution in [2.75, 3.05) is 7.11 Å². The highest BCUT2D eigenvalue weighted by Crippen LogP contribution is 2.38. The molecule has 0 N–H and O–H groups in total. The molecule has 1 aliphatic carbocycles. The second kappa shape index (κ2) is 10.4. The molecule has 2 aromatic heterocycles. The SMILES string of the molecule is COC(=O)c1ccc([C@@H](Cc2ccncc2)c2ccc(OC(F)F)c(OC3CCC3)c2)cn1. The van der Waals surface area contributed by atoms with Crippen molar-refractivity contribution in [2.24, 2.45) is 0 Å². The molecule has 8 heteroatoms. The normalized spacial score (nSPS) is 14.4. The Morgan fingerprint density at radius 1 is 1.06 bits per heavy atom. The van der Waals surface area contributed by atoms with Gasteiger partial charge < -0.3 is 14.2 Å². The van der Waals surface area contributed by atoms with Crippen LogP contribution in [0, 0.1) is 0 Å². The van der Waals surface area contributed by atoms with Crippen molar-refractivity contribution in [3.8, 4) is 11.5 Å². The second-order valence-corrected chi connectivity index (χ2v) is 7.84. The lowest BCUT2D eigenvalue weighted by atomic mass is 9.86. The van der Waals surface area contributed by atoms with E-state index in [4.69, 9.17) is 14.2 Å². The minimum absolute atomic E-state index is 0.0000680. The number of halogens is 2. The van der Waals surface area contributed by atoms with E-state index in [0.29, 0.717) is 12.2 Å². The molecule has 33 heavy (non-hydrogen) atoms. The molecule has 0 radical (unpaired) electrons. The number of hydrogen-bond acceptors (Lipinski definition) is 6. The summed E-state index contributed by atoms with van der Waals surface area (Å²) in [6, 6.07) is 12.3. The van der Waals surface area contributed by atoms with Crippen LogP contribution in [-0.4, -0.2) is 35.8 Å². The van der Waals surface area contributed by atoms with Crippen molar-refractivity contribution >= 4 is 5.97 Å². The van der Waals surface area contributed by atoms with Gasteiger partial charge in [-0.15, -0.1) is 0 Å². The Morgan fingerprint density at radius 2 is 1.82 bits per heavy atom. The molecular weight excluding hydrogens is 430 g/mol. The lowest BCUT2D eigenvalue weighted by Gasteiger charge is -2.28. The highest BCUT2D eigenvalue weighted by Gasteiger charge is 2.24. The number of methoxy groups -OCH3 is 1. The Morgan fingerprint density at radius 3 is 2.42 bits per heavy atom. The van der Waals surface area contributed by atoms with Crippen LogP contribution in [0.15, 0.2) is 61.1 Å². The summed E-state index contributed by atoms with van der Waals surface area (Å²) in [5, 5.41) is 0. The van der Waals surface area contributed by atoms with Crippen LogP contribution in [0.5, 0.6) is 11.5 Å². The summed E-state index contributed by atoms with van der Waals surface area (Å²) in [7, 11) is 1.30. The first kappa shape index (κ1) is 22.6. The van der Waals surface area contributed by atoms with Crippen LogP contribution in [0.2, 0.25) is 0 Å². The van der Waals surface area contributed by atoms with Crippen LogP contribution in [0.3, 0.4) is 0 Å². The molecule has 172 valence electrons. The molecule has 1 saturated carbocycles. The molecule has 1 aliphatic rings. The van der Waals surface area contributed by atoms with E-state index in [0.717, 1.165) is 36.0 Å². The fraction of sp³-hybridized carbons (Fsp3) is 0.320. The maximum absolute atomic E-state index is 12.9. The second-order valence-electron chi connectivity index (χ2n) is 7.84. The Balaban J connectivity index is 1.71. The number of ether oxygens (including phenoxy) is 3. The number of esters is 1. The van der Waals surface area contributed by atoms with E-state index in [-0.39, 0.29) is 23.5 Å². The van der Waals surface area contributed by atoms with Gasteiger partial charge in [0.25, 0.3) is 0 Å². The summed E-state index contributed by atoms with van der Waals surface area (Å²) in [5.41, 5.74) is 2.96. The zero-order valence-electron chi connectivity index (χ0n) is 18.1. The molecule has 0 unspecified atom stereocenters. The smallest absolute Gasteiger partial charge is 0.387 e. The van der Waals surface area contributed by atoms with Gasteiger partial charge in [-0.1, -0.05) is 12.1 Å². The standard InChI is InChI=1S/C25H24F2N2O4/c1-31-24(30)21-7-5-18(15-29-21)20(13-16-9-11-28-12-10-16)17-6-8-22(33-25(26)27)23(14-17)32-19-3-2-4-19/h5-12,14-15,19-20,25H,2-4,13H2,1H3/t20-/m0/s1. The zero-order chi connectivity index (χ0) is 23.2. The molecule has 3 aromatic rings. The van der Waals surface area contributed by atoms with E-state index in [9.17, 15) is 13.6 Å². The molecule has 0 saturated heterocycles. The summed E-state index contributed by atoms with van der Waals surface area (Å²) in [5.74, 6) is -0.369. The van der Waals surface area contributed by atoms with Gasteiger partial charge in [-0.2, -0.15) is 8.78 Å². The Kier molecular flexibility index (Phi) is 7.12. The number of carbonyl (C=O) groups excluding carboxylic acids is 1. The van der Waals surface area contributed by atoms with Gasteiger partial charge in [0, 0.05) is 24.5 Å². The van der Waals surface area contributed by atoms with Gasteiger partial charge in [0.1, 0.15) is 5.69 Å². The fourth-order valence-electron chi connectivity index (χ4n) is 3.71. The summed E-state index contributed by atoms with van der Waals surface area (Å²) in [6.07, 6.45) is 8.51. The number of aromatic nitrogens is 2. The molecule has 6 nitrogen and oxygen atoms in total. The van der Waals surface area contributed by atoms with Crippen LogP contribution >= 0.6 is 0 Å². The summed E-state index contributed by atoms with van der Waals surface area (Å²) >= 11 is 0. The predicted molar refractivity (Wildman–Crippen MR) is 117 cm³/mol. The summed E-state index contributed by atoms with van der Waals surface area (Å²) in [4.78, 5) is 20.1. The van der Waals surface area contributed by atoms with Crippen LogP contribution in [0.1, 0.15) is 52.4 Å². The first-order valence-electron chi connectivity index (χ1n) is 10.7. The van der Waals surface area contributed by atoms with Gasteiger partial charge in [0.15, 0.2) is 11.5 Å². The van der Waals surface area contributed by atoms with Gasteiger partial charge >= 0.3 is 12.6 Å². The number of nitrogens with zero attached hydrogens (tertiary/aromatic N) is 2. The zero-order valence-corrected chi connectivity index (χ0v) is 18.1. The Bertz CT molecular complexity index is 1070. The summed E-state index contributed by atoms with van der Waals surface area (Å²) < 4.78 is 41.3. The predicted octanol–water partition coefficient (Wildman–Crippen LogP) is 5.17. The Labute approximate surface area is 190 Å². The molecule has 0 spiro atoms. The van der Waals surface area contributed by atoms with E-state index in [1.807, 2.05) is 18.2 Å². The molecule has 2 heterocycles. The van der Waals surface area contributed by atoms with E-state index < -0.39 is 12.6 Å². The van der Waals surface area contributed by atoms with Crippen molar-refractivity contribution in [1.29, 1.82) is 0 Å². The average molecular weight is 454 g/mol. The highest BCUT2D eigenvalue weighted by molar-refractivity contribution is 5.87. The molecule has 1 aromatic carbocycles. The molecule has 0 bridgehead atoms. The van der Waals surface area contributed by atoms with Gasteiger partial charge in [0.05, 0.1) is 13.2 Å². The molecule has 1 atom stereocenters. The first-order valence-corrected chi connectivity index (χ1v) is 10.7. The molecular formula is C25H24F2N2O4. The largest absolute Gasteiger partial charge is 0.487 e. The lowest BCUT2D eigenvalue weighted by Crippen LogP contribution is -2.25. The van der Waals surface area contributed by atoms with Crippen molar-refractivity contribution in [3.05, 3.63) is 83.4 Å². The molecule has 1 fully saturated rings. The van der Waals surface area contributed by atoms with Gasteiger partial charge in [-0.3, -0.25) is 4.98 Å². The molecule has 4 rings (SSSR count). The molecule has 0 amide bonds. The van der Waals surface area contributed by atoms with E-state index in [1.54, 1.807) is 36.8 Å². The number of hydrogen-bond donors (Lipinski definition) is 0. The van der Waals surface area contributed by atoms with Crippen molar-refractivity contribution in [1.82, 2.24) is 9.97 Å². The molecule has 0 aliphatic heterocycles. The van der Waals surface area contributed by atoms with Crippen LogP contribution in [0.25, 0.3) is 0 Å². The van der Waals surface area contributed by atoms with Crippen LogP contribution in [0.4, 0.5) is 8.78 Å². The topological polar surface area (TPSA) is 70.5 Å². The van der Waals surface area contributed by atoms with Crippen molar-refractivity contribution < 1.29 is 27.8 Å². The number of carbonyl (C=O) groups is 1.